The molecule has 0 bridgehead atoms. The topological polar surface area (TPSA) is 86.2 Å². The standard InChI is InChI=1S/C13H18N2O3S/c1-9(14)4-3-5-13-15-11-8-10(19(2,16)17)6-7-12(11)18-13/h6-9H,3-5,14H2,1-2H3. The van der Waals surface area contributed by atoms with E-state index in [4.69, 9.17) is 10.2 Å². The van der Waals surface area contributed by atoms with Gasteiger partial charge >= 0.3 is 0 Å². The highest BCUT2D eigenvalue weighted by Gasteiger charge is 2.11. The molecule has 2 aromatic rings. The fraction of sp³-hybridized carbons (Fsp3) is 0.462. The van der Waals surface area contributed by atoms with E-state index < -0.39 is 9.84 Å². The largest absolute Gasteiger partial charge is 0.441 e. The van der Waals surface area contributed by atoms with Gasteiger partial charge in [-0.25, -0.2) is 13.4 Å². The molecule has 0 saturated carbocycles. The van der Waals surface area contributed by atoms with E-state index in [1.54, 1.807) is 12.1 Å². The molecule has 0 fully saturated rings. The number of oxazole rings is 1. The van der Waals surface area contributed by atoms with Crippen LogP contribution in [-0.4, -0.2) is 25.7 Å². The molecule has 0 amide bonds. The van der Waals surface area contributed by atoms with Crippen LogP contribution in [0.3, 0.4) is 0 Å². The number of nitrogens with zero attached hydrogens (tertiary/aromatic N) is 1. The molecule has 6 heteroatoms. The Morgan fingerprint density at radius 3 is 2.79 bits per heavy atom. The van der Waals surface area contributed by atoms with Crippen molar-refractivity contribution >= 4 is 20.9 Å². The van der Waals surface area contributed by atoms with Gasteiger partial charge in [-0.05, 0) is 38.0 Å². The number of sulfone groups is 1. The van der Waals surface area contributed by atoms with Gasteiger partial charge in [0.2, 0.25) is 0 Å². The van der Waals surface area contributed by atoms with Crippen molar-refractivity contribution in [3.63, 3.8) is 0 Å². The molecule has 2 rings (SSSR count). The first-order valence-electron chi connectivity index (χ1n) is 6.21. The quantitative estimate of drug-likeness (QED) is 0.905. The van der Waals surface area contributed by atoms with Crippen LogP contribution >= 0.6 is 0 Å². The highest BCUT2D eigenvalue weighted by molar-refractivity contribution is 7.90. The second kappa shape index (κ2) is 5.30. The first-order valence-corrected chi connectivity index (χ1v) is 8.10. The lowest BCUT2D eigenvalue weighted by molar-refractivity contribution is 0.503. The lowest BCUT2D eigenvalue weighted by Gasteiger charge is -2.01. The minimum Gasteiger partial charge on any atom is -0.441 e. The highest BCUT2D eigenvalue weighted by atomic mass is 32.2. The number of aromatic nitrogens is 1. The minimum atomic E-state index is -3.21. The summed E-state index contributed by atoms with van der Waals surface area (Å²) < 4.78 is 28.5. The van der Waals surface area contributed by atoms with E-state index in [2.05, 4.69) is 4.98 Å². The molecule has 1 unspecified atom stereocenters. The van der Waals surface area contributed by atoms with Gasteiger partial charge in [-0.3, -0.25) is 0 Å². The Morgan fingerprint density at radius 1 is 1.42 bits per heavy atom. The van der Waals surface area contributed by atoms with Crippen molar-refractivity contribution in [1.82, 2.24) is 4.98 Å². The third kappa shape index (κ3) is 3.54. The van der Waals surface area contributed by atoms with Crippen molar-refractivity contribution in [2.75, 3.05) is 6.26 Å². The molecule has 0 aliphatic rings. The Kier molecular flexibility index (Phi) is 3.91. The monoisotopic (exact) mass is 282 g/mol. The maximum Gasteiger partial charge on any atom is 0.195 e. The number of hydrogen-bond donors (Lipinski definition) is 1. The predicted octanol–water partition coefficient (Wildman–Crippen LogP) is 1.90. The Hall–Kier alpha value is -1.40. The fourth-order valence-corrected chi connectivity index (χ4v) is 2.51. The third-order valence-corrected chi connectivity index (χ3v) is 3.99. The molecule has 1 aromatic carbocycles. The Morgan fingerprint density at radius 2 is 2.16 bits per heavy atom. The summed E-state index contributed by atoms with van der Waals surface area (Å²) in [4.78, 5) is 4.57. The Labute approximate surface area is 112 Å². The van der Waals surface area contributed by atoms with Crippen molar-refractivity contribution in [3.05, 3.63) is 24.1 Å². The first kappa shape index (κ1) is 14.0. The number of nitrogens with two attached hydrogens (primary N) is 1. The van der Waals surface area contributed by atoms with Crippen LogP contribution in [0.1, 0.15) is 25.7 Å². The van der Waals surface area contributed by atoms with Crippen molar-refractivity contribution in [2.24, 2.45) is 5.73 Å². The molecule has 0 saturated heterocycles. The molecule has 19 heavy (non-hydrogen) atoms. The van der Waals surface area contributed by atoms with Gasteiger partial charge in [-0.1, -0.05) is 0 Å². The Bertz CT molecular complexity index is 674. The molecule has 1 atom stereocenters. The van der Waals surface area contributed by atoms with E-state index in [1.165, 1.54) is 12.3 Å². The highest BCUT2D eigenvalue weighted by Crippen LogP contribution is 2.20. The van der Waals surface area contributed by atoms with Gasteiger partial charge in [0.05, 0.1) is 4.90 Å². The smallest absolute Gasteiger partial charge is 0.195 e. The van der Waals surface area contributed by atoms with E-state index in [0.29, 0.717) is 23.4 Å². The van der Waals surface area contributed by atoms with Crippen LogP contribution in [0.4, 0.5) is 0 Å². The number of rotatable bonds is 5. The van der Waals surface area contributed by atoms with Gasteiger partial charge in [-0.2, -0.15) is 0 Å². The average molecular weight is 282 g/mol. The lowest BCUT2D eigenvalue weighted by Crippen LogP contribution is -2.14. The number of benzene rings is 1. The van der Waals surface area contributed by atoms with Crippen molar-refractivity contribution < 1.29 is 12.8 Å². The molecule has 1 heterocycles. The van der Waals surface area contributed by atoms with Crippen LogP contribution in [-0.2, 0) is 16.3 Å². The van der Waals surface area contributed by atoms with Crippen LogP contribution in [0.15, 0.2) is 27.5 Å². The van der Waals surface area contributed by atoms with E-state index in [-0.39, 0.29) is 10.9 Å². The summed E-state index contributed by atoms with van der Waals surface area (Å²) in [6.45, 7) is 1.96. The summed E-state index contributed by atoms with van der Waals surface area (Å²) in [5.74, 6) is 0.626. The van der Waals surface area contributed by atoms with Gasteiger partial charge in [0.1, 0.15) is 5.52 Å². The number of hydrogen-bond acceptors (Lipinski definition) is 5. The zero-order valence-electron chi connectivity index (χ0n) is 11.1. The summed E-state index contributed by atoms with van der Waals surface area (Å²) in [6.07, 6.45) is 3.71. The lowest BCUT2D eigenvalue weighted by atomic mass is 10.1. The molecule has 5 nitrogen and oxygen atoms in total. The van der Waals surface area contributed by atoms with Crippen molar-refractivity contribution in [3.8, 4) is 0 Å². The molecule has 0 aliphatic heterocycles. The maximum absolute atomic E-state index is 11.5. The zero-order chi connectivity index (χ0) is 14.0. The van der Waals surface area contributed by atoms with Gasteiger partial charge < -0.3 is 10.2 Å². The van der Waals surface area contributed by atoms with Gasteiger partial charge in [-0.15, -0.1) is 0 Å². The molecule has 1 aromatic heterocycles. The summed E-state index contributed by atoms with van der Waals surface area (Å²) in [6, 6.07) is 4.90. The maximum atomic E-state index is 11.5. The second-order valence-electron chi connectivity index (χ2n) is 4.88. The van der Waals surface area contributed by atoms with E-state index in [9.17, 15) is 8.42 Å². The van der Waals surface area contributed by atoms with Crippen molar-refractivity contribution in [1.29, 1.82) is 0 Å². The molecular formula is C13H18N2O3S. The van der Waals surface area contributed by atoms with Crippen LogP contribution < -0.4 is 5.73 Å². The van der Waals surface area contributed by atoms with Gasteiger partial charge in [0, 0.05) is 18.7 Å². The molecule has 2 N–H and O–H groups in total. The van der Waals surface area contributed by atoms with Gasteiger partial charge in [0.15, 0.2) is 21.3 Å². The minimum absolute atomic E-state index is 0.168. The SMILES string of the molecule is CC(N)CCCc1nc2cc(S(C)(=O)=O)ccc2o1. The molecule has 0 radical (unpaired) electrons. The van der Waals surface area contributed by atoms with Crippen LogP contribution in [0, 0.1) is 0 Å². The van der Waals surface area contributed by atoms with E-state index >= 15 is 0 Å². The summed E-state index contributed by atoms with van der Waals surface area (Å²) >= 11 is 0. The van der Waals surface area contributed by atoms with Crippen LogP contribution in [0.25, 0.3) is 11.1 Å². The normalized spacial score (nSPS) is 13.8. The zero-order valence-corrected chi connectivity index (χ0v) is 11.9. The van der Waals surface area contributed by atoms with E-state index in [1.807, 2.05) is 6.92 Å². The summed E-state index contributed by atoms with van der Waals surface area (Å²) in [5.41, 5.74) is 6.88. The predicted molar refractivity (Wildman–Crippen MR) is 73.7 cm³/mol. The van der Waals surface area contributed by atoms with E-state index in [0.717, 1.165) is 12.8 Å². The molecule has 0 aliphatic carbocycles. The number of aryl methyl sites for hydroxylation is 1. The molecular weight excluding hydrogens is 264 g/mol. The average Bonchev–Trinajstić information content (AvgIpc) is 2.68. The van der Waals surface area contributed by atoms with Gasteiger partial charge in [0.25, 0.3) is 0 Å². The third-order valence-electron chi connectivity index (χ3n) is 2.88. The summed E-state index contributed by atoms with van der Waals surface area (Å²) in [7, 11) is -3.21. The number of fused-ring (bicyclic) bond motifs is 1. The van der Waals surface area contributed by atoms with Crippen LogP contribution in [0.2, 0.25) is 0 Å². The van der Waals surface area contributed by atoms with Crippen molar-refractivity contribution in [2.45, 2.75) is 37.1 Å². The second-order valence-corrected chi connectivity index (χ2v) is 6.89. The summed E-state index contributed by atoms with van der Waals surface area (Å²) in [5, 5.41) is 0. The molecule has 0 spiro atoms. The fourth-order valence-electron chi connectivity index (χ4n) is 1.87. The van der Waals surface area contributed by atoms with Crippen LogP contribution in [0.5, 0.6) is 0 Å². The first-order chi connectivity index (χ1) is 8.86. The Balaban J connectivity index is 2.21. The molecule has 104 valence electrons.